The molecule has 0 radical (unpaired) electrons. The zero-order valence-corrected chi connectivity index (χ0v) is 9.05. The SMILES string of the molecule is OC1(c2ccc(CBr)c(F)c2)COC1. The molecule has 2 nitrogen and oxygen atoms in total. The lowest BCUT2D eigenvalue weighted by Gasteiger charge is -2.36. The van der Waals surface area contributed by atoms with Crippen molar-refractivity contribution in [1.82, 2.24) is 0 Å². The predicted octanol–water partition coefficient (Wildman–Crippen LogP) is 1.94. The number of benzene rings is 1. The van der Waals surface area contributed by atoms with Crippen LogP contribution in [0, 0.1) is 5.82 Å². The highest BCUT2D eigenvalue weighted by atomic mass is 79.9. The van der Waals surface area contributed by atoms with Crippen LogP contribution in [0.1, 0.15) is 11.1 Å². The Labute approximate surface area is 89.8 Å². The Morgan fingerprint density at radius 1 is 1.50 bits per heavy atom. The van der Waals surface area contributed by atoms with Crippen molar-refractivity contribution in [2.75, 3.05) is 13.2 Å². The highest BCUT2D eigenvalue weighted by Crippen LogP contribution is 2.30. The second-order valence-corrected chi connectivity index (χ2v) is 4.02. The molecule has 1 aromatic carbocycles. The van der Waals surface area contributed by atoms with Crippen molar-refractivity contribution in [2.45, 2.75) is 10.9 Å². The van der Waals surface area contributed by atoms with Crippen LogP contribution in [0.5, 0.6) is 0 Å². The molecule has 0 aromatic heterocycles. The molecule has 14 heavy (non-hydrogen) atoms. The standard InChI is InChI=1S/C10H10BrFO2/c11-4-7-1-2-8(3-9(7)12)10(13)5-14-6-10/h1-3,13H,4-6H2. The maximum Gasteiger partial charge on any atom is 0.136 e. The lowest BCUT2D eigenvalue weighted by atomic mass is 9.91. The molecular weight excluding hydrogens is 251 g/mol. The average molecular weight is 261 g/mol. The van der Waals surface area contributed by atoms with Gasteiger partial charge in [0, 0.05) is 5.33 Å². The van der Waals surface area contributed by atoms with E-state index in [9.17, 15) is 9.50 Å². The van der Waals surface area contributed by atoms with Gasteiger partial charge >= 0.3 is 0 Å². The van der Waals surface area contributed by atoms with Crippen molar-refractivity contribution in [1.29, 1.82) is 0 Å². The summed E-state index contributed by atoms with van der Waals surface area (Å²) in [5.41, 5.74) is 0.203. The van der Waals surface area contributed by atoms with E-state index < -0.39 is 5.60 Å². The van der Waals surface area contributed by atoms with E-state index in [4.69, 9.17) is 4.74 Å². The van der Waals surface area contributed by atoms with E-state index in [1.165, 1.54) is 6.07 Å². The number of halogens is 2. The maximum absolute atomic E-state index is 13.4. The van der Waals surface area contributed by atoms with Crippen molar-refractivity contribution < 1.29 is 14.2 Å². The number of hydrogen-bond acceptors (Lipinski definition) is 2. The average Bonchev–Trinajstić information content (AvgIpc) is 2.14. The van der Waals surface area contributed by atoms with E-state index in [0.717, 1.165) is 0 Å². The quantitative estimate of drug-likeness (QED) is 0.824. The molecule has 0 saturated carbocycles. The smallest absolute Gasteiger partial charge is 0.136 e. The van der Waals surface area contributed by atoms with Gasteiger partial charge in [-0.25, -0.2) is 4.39 Å². The van der Waals surface area contributed by atoms with Gasteiger partial charge in [0.1, 0.15) is 11.4 Å². The molecule has 1 fully saturated rings. The van der Waals surface area contributed by atoms with Crippen LogP contribution in [-0.4, -0.2) is 18.3 Å². The minimum Gasteiger partial charge on any atom is -0.380 e. The van der Waals surface area contributed by atoms with Gasteiger partial charge in [0.2, 0.25) is 0 Å². The number of alkyl halides is 1. The second kappa shape index (κ2) is 3.61. The van der Waals surface area contributed by atoms with Gasteiger partial charge in [-0.05, 0) is 17.2 Å². The second-order valence-electron chi connectivity index (χ2n) is 3.46. The first-order valence-corrected chi connectivity index (χ1v) is 5.43. The van der Waals surface area contributed by atoms with Gasteiger partial charge < -0.3 is 9.84 Å². The summed E-state index contributed by atoms with van der Waals surface area (Å²) in [6.45, 7) is 0.500. The van der Waals surface area contributed by atoms with Crippen molar-refractivity contribution in [3.8, 4) is 0 Å². The monoisotopic (exact) mass is 260 g/mol. The van der Waals surface area contributed by atoms with Crippen LogP contribution in [0.25, 0.3) is 0 Å². The Kier molecular flexibility index (Phi) is 2.60. The van der Waals surface area contributed by atoms with Gasteiger partial charge in [-0.15, -0.1) is 0 Å². The first-order valence-electron chi connectivity index (χ1n) is 4.31. The normalized spacial score (nSPS) is 19.1. The molecule has 0 amide bonds. The third-order valence-electron chi connectivity index (χ3n) is 2.42. The van der Waals surface area contributed by atoms with Crippen LogP contribution in [0.15, 0.2) is 18.2 Å². The Morgan fingerprint density at radius 2 is 2.21 bits per heavy atom. The minimum atomic E-state index is -0.980. The molecule has 1 saturated heterocycles. The number of rotatable bonds is 2. The topological polar surface area (TPSA) is 29.5 Å². The van der Waals surface area contributed by atoms with Crippen LogP contribution < -0.4 is 0 Å². The number of aliphatic hydroxyl groups is 1. The van der Waals surface area contributed by atoms with Crippen LogP contribution in [0.4, 0.5) is 4.39 Å². The largest absolute Gasteiger partial charge is 0.380 e. The molecule has 1 aliphatic rings. The molecule has 0 unspecified atom stereocenters. The lowest BCUT2D eigenvalue weighted by Crippen LogP contribution is -2.46. The third kappa shape index (κ3) is 1.58. The van der Waals surface area contributed by atoms with Crippen molar-refractivity contribution in [2.24, 2.45) is 0 Å². The van der Waals surface area contributed by atoms with Crippen molar-refractivity contribution in [3.63, 3.8) is 0 Å². The van der Waals surface area contributed by atoms with Crippen LogP contribution in [0.3, 0.4) is 0 Å². The molecule has 2 rings (SSSR count). The molecule has 76 valence electrons. The summed E-state index contributed by atoms with van der Waals surface area (Å²) < 4.78 is 18.3. The molecule has 0 spiro atoms. The number of ether oxygens (including phenoxy) is 1. The van der Waals surface area contributed by atoms with E-state index in [1.807, 2.05) is 0 Å². The van der Waals surface area contributed by atoms with E-state index >= 15 is 0 Å². The summed E-state index contributed by atoms with van der Waals surface area (Å²) in [7, 11) is 0. The lowest BCUT2D eigenvalue weighted by molar-refractivity contribution is -0.184. The fraction of sp³-hybridized carbons (Fsp3) is 0.400. The van der Waals surface area contributed by atoms with Crippen molar-refractivity contribution in [3.05, 3.63) is 35.1 Å². The molecule has 1 N–H and O–H groups in total. The molecular formula is C10H10BrFO2. The van der Waals surface area contributed by atoms with E-state index in [0.29, 0.717) is 16.5 Å². The molecule has 0 aliphatic carbocycles. The predicted molar refractivity (Wildman–Crippen MR) is 53.7 cm³/mol. The fourth-order valence-electron chi connectivity index (χ4n) is 1.41. The van der Waals surface area contributed by atoms with Crippen LogP contribution >= 0.6 is 15.9 Å². The Bertz CT molecular complexity index is 350. The van der Waals surface area contributed by atoms with E-state index in [2.05, 4.69) is 15.9 Å². The third-order valence-corrected chi connectivity index (χ3v) is 3.02. The molecule has 4 heteroatoms. The van der Waals surface area contributed by atoms with Crippen LogP contribution in [-0.2, 0) is 15.7 Å². The van der Waals surface area contributed by atoms with Gasteiger partial charge in [-0.3, -0.25) is 0 Å². The number of hydrogen-bond donors (Lipinski definition) is 1. The molecule has 1 heterocycles. The van der Waals surface area contributed by atoms with Crippen molar-refractivity contribution >= 4 is 15.9 Å². The first kappa shape index (κ1) is 10.1. The van der Waals surface area contributed by atoms with E-state index in [-0.39, 0.29) is 19.0 Å². The van der Waals surface area contributed by atoms with Crippen LogP contribution in [0.2, 0.25) is 0 Å². The highest BCUT2D eigenvalue weighted by molar-refractivity contribution is 9.08. The summed E-state index contributed by atoms with van der Waals surface area (Å²) >= 11 is 3.19. The summed E-state index contributed by atoms with van der Waals surface area (Å²) in [6.07, 6.45) is 0. The fourth-order valence-corrected chi connectivity index (χ4v) is 1.86. The molecule has 1 aromatic rings. The highest BCUT2D eigenvalue weighted by Gasteiger charge is 2.38. The molecule has 1 aliphatic heterocycles. The zero-order chi connectivity index (χ0) is 10.2. The van der Waals surface area contributed by atoms with Gasteiger partial charge in [0.05, 0.1) is 13.2 Å². The van der Waals surface area contributed by atoms with Gasteiger partial charge in [0.25, 0.3) is 0 Å². The summed E-state index contributed by atoms with van der Waals surface area (Å²) in [6, 6.07) is 4.79. The summed E-state index contributed by atoms with van der Waals surface area (Å²) in [5.74, 6) is -0.292. The molecule has 0 bridgehead atoms. The zero-order valence-electron chi connectivity index (χ0n) is 7.46. The Morgan fingerprint density at radius 3 is 2.64 bits per heavy atom. The Balaban J connectivity index is 2.32. The summed E-state index contributed by atoms with van der Waals surface area (Å²) in [4.78, 5) is 0. The van der Waals surface area contributed by atoms with Gasteiger partial charge in [0.15, 0.2) is 0 Å². The van der Waals surface area contributed by atoms with E-state index in [1.54, 1.807) is 12.1 Å². The first-order chi connectivity index (χ1) is 6.65. The summed E-state index contributed by atoms with van der Waals surface area (Å²) in [5, 5.41) is 10.3. The Hall–Kier alpha value is -0.450. The maximum atomic E-state index is 13.4. The van der Waals surface area contributed by atoms with Gasteiger partial charge in [-0.1, -0.05) is 28.1 Å². The minimum absolute atomic E-state index is 0.250. The molecule has 0 atom stereocenters. The van der Waals surface area contributed by atoms with Gasteiger partial charge in [-0.2, -0.15) is 0 Å².